The molecule has 5 rings (SSSR count). The SMILES string of the molecule is O=C(c1ccc(Cl)cc1)N(Cc1ccc([N+](=O)[O-])cc1)N1C(=O)[C@@H]2[C@H]3CC[C@@H](C3)[C@@H]2C1=O. The molecule has 3 fully saturated rings. The molecule has 1 aliphatic heterocycles. The Hall–Kier alpha value is -3.26. The highest BCUT2D eigenvalue weighted by molar-refractivity contribution is 6.30. The van der Waals surface area contributed by atoms with Gasteiger partial charge >= 0.3 is 0 Å². The summed E-state index contributed by atoms with van der Waals surface area (Å²) in [5.41, 5.74) is 0.777. The molecule has 0 unspecified atom stereocenters. The molecule has 2 aromatic rings. The monoisotopic (exact) mass is 453 g/mol. The van der Waals surface area contributed by atoms with Crippen molar-refractivity contribution in [2.24, 2.45) is 23.7 Å². The van der Waals surface area contributed by atoms with Gasteiger partial charge in [-0.3, -0.25) is 24.5 Å². The Labute approximate surface area is 188 Å². The molecule has 2 aromatic carbocycles. The Bertz CT molecular complexity index is 1090. The van der Waals surface area contributed by atoms with Crippen LogP contribution in [0.4, 0.5) is 5.69 Å². The number of carbonyl (C=O) groups is 3. The number of fused-ring (bicyclic) bond motifs is 5. The van der Waals surface area contributed by atoms with Gasteiger partial charge in [0, 0.05) is 22.7 Å². The second-order valence-corrected chi connectivity index (χ2v) is 9.10. The standard InChI is InChI=1S/C23H20ClN3O5/c24-17-7-5-14(6-8-17)21(28)25(12-13-1-9-18(10-2-13)27(31)32)26-22(29)19-15-3-4-16(11-15)20(19)23(26)30/h1-2,5-10,15-16,19-20H,3-4,11-12H2/t15-,16-,19-,20+/m0/s1. The third-order valence-corrected chi connectivity index (χ3v) is 7.20. The number of hydrazine groups is 1. The van der Waals surface area contributed by atoms with Crippen LogP contribution >= 0.6 is 11.6 Å². The molecule has 2 saturated carbocycles. The van der Waals surface area contributed by atoms with Crippen molar-refractivity contribution in [2.75, 3.05) is 0 Å². The summed E-state index contributed by atoms with van der Waals surface area (Å²) in [7, 11) is 0. The van der Waals surface area contributed by atoms with E-state index in [0.717, 1.165) is 24.3 Å². The first kappa shape index (κ1) is 20.6. The largest absolute Gasteiger partial charge is 0.273 e. The zero-order chi connectivity index (χ0) is 22.6. The zero-order valence-electron chi connectivity index (χ0n) is 17.0. The van der Waals surface area contributed by atoms with Gasteiger partial charge in [0.2, 0.25) is 0 Å². The summed E-state index contributed by atoms with van der Waals surface area (Å²) in [6.45, 7) is -0.0638. The van der Waals surface area contributed by atoms with Gasteiger partial charge in [-0.1, -0.05) is 23.7 Å². The summed E-state index contributed by atoms with van der Waals surface area (Å²) in [4.78, 5) is 50.6. The molecule has 8 nitrogen and oxygen atoms in total. The van der Waals surface area contributed by atoms with Crippen molar-refractivity contribution in [3.8, 4) is 0 Å². The number of amides is 3. The normalized spacial score (nSPS) is 25.8. The summed E-state index contributed by atoms with van der Waals surface area (Å²) in [5.74, 6) is -1.49. The average Bonchev–Trinajstić information content (AvgIpc) is 3.47. The maximum atomic E-state index is 13.4. The van der Waals surface area contributed by atoms with Crippen molar-refractivity contribution in [3.05, 3.63) is 74.8 Å². The minimum atomic E-state index is -0.509. The molecular weight excluding hydrogens is 434 g/mol. The minimum Gasteiger partial charge on any atom is -0.272 e. The number of benzene rings is 2. The topological polar surface area (TPSA) is 101 Å². The third kappa shape index (κ3) is 3.26. The molecule has 0 radical (unpaired) electrons. The summed E-state index contributed by atoms with van der Waals surface area (Å²) in [6.07, 6.45) is 2.77. The summed E-state index contributed by atoms with van der Waals surface area (Å²) < 4.78 is 0. The number of hydrogen-bond acceptors (Lipinski definition) is 5. The van der Waals surface area contributed by atoms with E-state index in [0.29, 0.717) is 10.6 Å². The lowest BCUT2D eigenvalue weighted by Gasteiger charge is -2.31. The second-order valence-electron chi connectivity index (χ2n) is 8.67. The third-order valence-electron chi connectivity index (χ3n) is 6.95. The van der Waals surface area contributed by atoms with Gasteiger partial charge in [0.05, 0.1) is 23.3 Å². The van der Waals surface area contributed by atoms with Crippen LogP contribution < -0.4 is 0 Å². The van der Waals surface area contributed by atoms with Crippen LogP contribution in [-0.2, 0) is 16.1 Å². The fraction of sp³-hybridized carbons (Fsp3) is 0.348. The Morgan fingerprint density at radius 1 is 1.00 bits per heavy atom. The van der Waals surface area contributed by atoms with Gasteiger partial charge in [-0.15, -0.1) is 0 Å². The van der Waals surface area contributed by atoms with Crippen LogP contribution in [0.3, 0.4) is 0 Å². The van der Waals surface area contributed by atoms with E-state index < -0.39 is 10.8 Å². The van der Waals surface area contributed by atoms with E-state index in [1.54, 1.807) is 24.3 Å². The van der Waals surface area contributed by atoms with E-state index >= 15 is 0 Å². The number of hydrogen-bond donors (Lipinski definition) is 0. The maximum absolute atomic E-state index is 13.4. The summed E-state index contributed by atoms with van der Waals surface area (Å²) in [6, 6.07) is 12.0. The van der Waals surface area contributed by atoms with E-state index in [9.17, 15) is 24.5 Å². The van der Waals surface area contributed by atoms with Crippen LogP contribution in [0.1, 0.15) is 35.2 Å². The Morgan fingerprint density at radius 3 is 2.09 bits per heavy atom. The van der Waals surface area contributed by atoms with E-state index in [4.69, 9.17) is 11.6 Å². The first-order chi connectivity index (χ1) is 15.3. The van der Waals surface area contributed by atoms with Crippen molar-refractivity contribution in [3.63, 3.8) is 0 Å². The van der Waals surface area contributed by atoms with Crippen LogP contribution in [0.15, 0.2) is 48.5 Å². The minimum absolute atomic E-state index is 0.0638. The van der Waals surface area contributed by atoms with Crippen LogP contribution in [0.25, 0.3) is 0 Å². The number of imide groups is 1. The van der Waals surface area contributed by atoms with E-state index in [-0.39, 0.29) is 53.3 Å². The molecule has 2 aliphatic carbocycles. The molecule has 164 valence electrons. The molecule has 0 spiro atoms. The number of halogens is 1. The Balaban J connectivity index is 1.50. The number of rotatable bonds is 5. The van der Waals surface area contributed by atoms with Gasteiger partial charge in [-0.05, 0) is 60.9 Å². The van der Waals surface area contributed by atoms with Gasteiger partial charge in [-0.25, -0.2) is 5.01 Å². The predicted octanol–water partition coefficient (Wildman–Crippen LogP) is 3.84. The molecule has 1 saturated heterocycles. The van der Waals surface area contributed by atoms with Crippen LogP contribution in [0.5, 0.6) is 0 Å². The number of nitro benzene ring substituents is 1. The quantitative estimate of drug-likeness (QED) is 0.389. The van der Waals surface area contributed by atoms with Crippen molar-refractivity contribution in [2.45, 2.75) is 25.8 Å². The smallest absolute Gasteiger partial charge is 0.272 e. The summed E-state index contributed by atoms with van der Waals surface area (Å²) in [5, 5.41) is 13.6. The van der Waals surface area contributed by atoms with Gasteiger partial charge in [0.1, 0.15) is 0 Å². The molecule has 0 N–H and O–H groups in total. The predicted molar refractivity (Wildman–Crippen MR) is 114 cm³/mol. The van der Waals surface area contributed by atoms with Crippen LogP contribution in [-0.4, -0.2) is 32.7 Å². The molecular formula is C23H20ClN3O5. The first-order valence-electron chi connectivity index (χ1n) is 10.5. The molecule has 32 heavy (non-hydrogen) atoms. The zero-order valence-corrected chi connectivity index (χ0v) is 17.8. The fourth-order valence-corrected chi connectivity index (χ4v) is 5.63. The Kier molecular flexibility index (Phi) is 4.97. The molecule has 4 atom stereocenters. The second kappa shape index (κ2) is 7.70. The Morgan fingerprint density at radius 2 is 1.56 bits per heavy atom. The number of nitrogens with zero attached hydrogens (tertiary/aromatic N) is 3. The highest BCUT2D eigenvalue weighted by atomic mass is 35.5. The van der Waals surface area contributed by atoms with Crippen molar-refractivity contribution in [1.29, 1.82) is 0 Å². The molecule has 3 aliphatic rings. The highest BCUT2D eigenvalue weighted by Crippen LogP contribution is 2.56. The van der Waals surface area contributed by atoms with Gasteiger partial charge < -0.3 is 0 Å². The molecule has 9 heteroatoms. The first-order valence-corrected chi connectivity index (χ1v) is 10.9. The van der Waals surface area contributed by atoms with Gasteiger partial charge in [-0.2, -0.15) is 5.01 Å². The van der Waals surface area contributed by atoms with Crippen LogP contribution in [0, 0.1) is 33.8 Å². The number of carbonyl (C=O) groups excluding carboxylic acids is 3. The number of nitro groups is 1. The number of non-ortho nitro benzene ring substituents is 1. The molecule has 0 aromatic heterocycles. The van der Waals surface area contributed by atoms with Crippen molar-refractivity contribution < 1.29 is 19.3 Å². The van der Waals surface area contributed by atoms with Gasteiger partial charge in [0.15, 0.2) is 0 Å². The summed E-state index contributed by atoms with van der Waals surface area (Å²) >= 11 is 5.94. The lowest BCUT2D eigenvalue weighted by atomic mass is 9.81. The highest BCUT2D eigenvalue weighted by Gasteiger charge is 2.62. The molecule has 3 amide bonds. The van der Waals surface area contributed by atoms with E-state index in [2.05, 4.69) is 0 Å². The lowest BCUT2D eigenvalue weighted by molar-refractivity contribution is -0.384. The van der Waals surface area contributed by atoms with Gasteiger partial charge in [0.25, 0.3) is 23.4 Å². The molecule has 1 heterocycles. The molecule has 2 bridgehead atoms. The van der Waals surface area contributed by atoms with Crippen LogP contribution in [0.2, 0.25) is 5.02 Å². The van der Waals surface area contributed by atoms with E-state index in [1.807, 2.05) is 0 Å². The fourth-order valence-electron chi connectivity index (χ4n) is 5.50. The lowest BCUT2D eigenvalue weighted by Crippen LogP contribution is -2.50. The maximum Gasteiger partial charge on any atom is 0.273 e. The van der Waals surface area contributed by atoms with Crippen molar-refractivity contribution >= 4 is 35.0 Å². The average molecular weight is 454 g/mol. The van der Waals surface area contributed by atoms with Crippen molar-refractivity contribution in [1.82, 2.24) is 10.0 Å². The van der Waals surface area contributed by atoms with E-state index in [1.165, 1.54) is 29.3 Å².